The summed E-state index contributed by atoms with van der Waals surface area (Å²) in [6.07, 6.45) is -4.75. The van der Waals surface area contributed by atoms with E-state index >= 15 is 0 Å². The predicted molar refractivity (Wildman–Crippen MR) is 89.4 cm³/mol. The molecule has 0 amide bonds. The quantitative estimate of drug-likeness (QED) is 0.676. The monoisotopic (exact) mass is 373 g/mol. The summed E-state index contributed by atoms with van der Waals surface area (Å²) in [6, 6.07) is 10.5. The van der Waals surface area contributed by atoms with Crippen molar-refractivity contribution in [3.05, 3.63) is 68.3 Å². The van der Waals surface area contributed by atoms with E-state index in [2.05, 4.69) is 4.98 Å². The largest absolute Gasteiger partial charge is 0.417 e. The molecule has 2 aromatic carbocycles. The van der Waals surface area contributed by atoms with Crippen LogP contribution in [0.3, 0.4) is 0 Å². The number of aromatic nitrogens is 1. The molecule has 3 rings (SSSR count). The highest BCUT2D eigenvalue weighted by Crippen LogP contribution is 2.34. The van der Waals surface area contributed by atoms with Gasteiger partial charge in [-0.2, -0.15) is 23.7 Å². The van der Waals surface area contributed by atoms with Gasteiger partial charge in [0.05, 0.1) is 40.0 Å². The molecule has 0 fully saturated rings. The molecule has 0 aliphatic rings. The summed E-state index contributed by atoms with van der Waals surface area (Å²) in [5.74, 6) is 0. The molecule has 1 N–H and O–H groups in total. The first-order chi connectivity index (χ1) is 12.2. The summed E-state index contributed by atoms with van der Waals surface area (Å²) < 4.78 is 39.4. The van der Waals surface area contributed by atoms with Crippen molar-refractivity contribution in [1.29, 1.82) is 10.5 Å². The van der Waals surface area contributed by atoms with Gasteiger partial charge in [-0.1, -0.05) is 11.6 Å². The Labute approximate surface area is 149 Å². The fraction of sp³-hybridized carbons (Fsp3) is 0.0556. The van der Waals surface area contributed by atoms with E-state index in [1.165, 1.54) is 30.3 Å². The van der Waals surface area contributed by atoms with Crippen LogP contribution >= 0.6 is 11.6 Å². The number of rotatable bonds is 1. The van der Waals surface area contributed by atoms with E-state index in [1.54, 1.807) is 0 Å². The third kappa shape index (κ3) is 3.01. The Morgan fingerprint density at radius 3 is 2.38 bits per heavy atom. The van der Waals surface area contributed by atoms with E-state index in [1.807, 2.05) is 6.07 Å². The molecule has 4 nitrogen and oxygen atoms in total. The highest BCUT2D eigenvalue weighted by atomic mass is 35.5. The summed E-state index contributed by atoms with van der Waals surface area (Å²) in [5.41, 5.74) is -1.68. The second-order valence-electron chi connectivity index (χ2n) is 5.41. The minimum Gasteiger partial charge on any atom is -0.354 e. The van der Waals surface area contributed by atoms with Gasteiger partial charge in [0.1, 0.15) is 0 Å². The summed E-state index contributed by atoms with van der Waals surface area (Å²) in [7, 11) is 0. The Balaban J connectivity index is 2.34. The fourth-order valence-electron chi connectivity index (χ4n) is 2.57. The van der Waals surface area contributed by atoms with Gasteiger partial charge in [-0.25, -0.2) is 0 Å². The molecular formula is C18H7ClF3N3O. The van der Waals surface area contributed by atoms with Crippen molar-refractivity contribution in [2.45, 2.75) is 6.18 Å². The number of hydrogen-bond acceptors (Lipinski definition) is 3. The molecule has 26 heavy (non-hydrogen) atoms. The maximum absolute atomic E-state index is 13.1. The Morgan fingerprint density at radius 1 is 1.04 bits per heavy atom. The van der Waals surface area contributed by atoms with Crippen molar-refractivity contribution in [3.63, 3.8) is 0 Å². The maximum Gasteiger partial charge on any atom is 0.417 e. The van der Waals surface area contributed by atoms with Crippen molar-refractivity contribution < 1.29 is 13.2 Å². The van der Waals surface area contributed by atoms with Crippen molar-refractivity contribution >= 4 is 22.5 Å². The summed E-state index contributed by atoms with van der Waals surface area (Å²) in [4.78, 5) is 15.1. The van der Waals surface area contributed by atoms with Gasteiger partial charge in [0, 0.05) is 22.0 Å². The Morgan fingerprint density at radius 2 is 1.77 bits per heavy atom. The van der Waals surface area contributed by atoms with Gasteiger partial charge in [-0.05, 0) is 30.3 Å². The van der Waals surface area contributed by atoms with Gasteiger partial charge in [-0.15, -0.1) is 0 Å². The number of H-pyrrole nitrogens is 1. The number of benzene rings is 2. The molecule has 0 saturated heterocycles. The van der Waals surface area contributed by atoms with Gasteiger partial charge in [-0.3, -0.25) is 4.79 Å². The number of fused-ring (bicyclic) bond motifs is 1. The van der Waals surface area contributed by atoms with Crippen LogP contribution in [-0.2, 0) is 6.18 Å². The number of nitrogens with one attached hydrogen (secondary N) is 1. The zero-order valence-electron chi connectivity index (χ0n) is 12.8. The first kappa shape index (κ1) is 17.5. The molecule has 8 heteroatoms. The van der Waals surface area contributed by atoms with E-state index in [0.29, 0.717) is 5.56 Å². The highest BCUT2D eigenvalue weighted by Gasteiger charge is 2.34. The molecular weight excluding hydrogens is 367 g/mol. The second-order valence-corrected chi connectivity index (χ2v) is 5.81. The van der Waals surface area contributed by atoms with Crippen LogP contribution in [0, 0.1) is 22.7 Å². The second kappa shape index (κ2) is 6.21. The van der Waals surface area contributed by atoms with Gasteiger partial charge in [0.25, 0.3) is 0 Å². The zero-order valence-corrected chi connectivity index (χ0v) is 13.5. The van der Waals surface area contributed by atoms with E-state index in [-0.39, 0.29) is 27.2 Å². The molecule has 0 saturated carbocycles. The fourth-order valence-corrected chi connectivity index (χ4v) is 2.79. The normalized spacial score (nSPS) is 11.2. The third-order valence-electron chi connectivity index (χ3n) is 3.78. The molecule has 0 aliphatic carbocycles. The number of pyridine rings is 1. The number of nitriles is 2. The number of halogens is 4. The van der Waals surface area contributed by atoms with Crippen molar-refractivity contribution in [1.82, 2.24) is 4.98 Å². The molecule has 0 unspecified atom stereocenters. The van der Waals surface area contributed by atoms with Crippen LogP contribution in [0.25, 0.3) is 22.2 Å². The van der Waals surface area contributed by atoms with Crippen LogP contribution < -0.4 is 5.43 Å². The van der Waals surface area contributed by atoms with Crippen LogP contribution in [0.5, 0.6) is 0 Å². The lowest BCUT2D eigenvalue weighted by atomic mass is 10.0. The number of alkyl halides is 3. The molecule has 0 bridgehead atoms. The smallest absolute Gasteiger partial charge is 0.354 e. The molecule has 128 valence electrons. The average molecular weight is 374 g/mol. The Hall–Kier alpha value is -3.29. The summed E-state index contributed by atoms with van der Waals surface area (Å²) in [5, 5.41) is 18.1. The topological polar surface area (TPSA) is 80.4 Å². The first-order valence-corrected chi connectivity index (χ1v) is 7.51. The zero-order chi connectivity index (χ0) is 19.1. The van der Waals surface area contributed by atoms with Crippen LogP contribution in [0.4, 0.5) is 13.2 Å². The van der Waals surface area contributed by atoms with Crippen molar-refractivity contribution in [2.24, 2.45) is 0 Å². The van der Waals surface area contributed by atoms with Gasteiger partial charge in [0.2, 0.25) is 0 Å². The van der Waals surface area contributed by atoms with E-state index in [9.17, 15) is 18.0 Å². The van der Waals surface area contributed by atoms with Crippen molar-refractivity contribution in [3.8, 4) is 23.4 Å². The standard InChI is InChI=1S/C18H7ClF3N3O/c19-14-2-1-9(7-23)3-11(14)16-6-17(26)12-4-10(8-24)13(18(20,21)22)5-15(12)25-16/h1-6H,(H,25,26). The van der Waals surface area contributed by atoms with Gasteiger partial charge < -0.3 is 4.98 Å². The third-order valence-corrected chi connectivity index (χ3v) is 4.11. The van der Waals surface area contributed by atoms with Crippen LogP contribution in [0.2, 0.25) is 5.02 Å². The van der Waals surface area contributed by atoms with Crippen LogP contribution in [0.15, 0.2) is 41.2 Å². The number of hydrogen-bond donors (Lipinski definition) is 1. The van der Waals surface area contributed by atoms with E-state index in [0.717, 1.165) is 12.1 Å². The molecule has 0 radical (unpaired) electrons. The van der Waals surface area contributed by atoms with Gasteiger partial charge >= 0.3 is 6.18 Å². The van der Waals surface area contributed by atoms with Crippen LogP contribution in [-0.4, -0.2) is 4.98 Å². The highest BCUT2D eigenvalue weighted by molar-refractivity contribution is 6.33. The number of nitrogens with zero attached hydrogens (tertiary/aromatic N) is 2. The lowest BCUT2D eigenvalue weighted by Crippen LogP contribution is -2.11. The maximum atomic E-state index is 13.1. The molecule has 0 atom stereocenters. The lowest BCUT2D eigenvalue weighted by Gasteiger charge is -2.12. The first-order valence-electron chi connectivity index (χ1n) is 7.13. The summed E-state index contributed by atoms with van der Waals surface area (Å²) in [6.45, 7) is 0. The lowest BCUT2D eigenvalue weighted by molar-refractivity contribution is -0.137. The molecule has 0 aliphatic heterocycles. The van der Waals surface area contributed by atoms with Crippen LogP contribution in [0.1, 0.15) is 16.7 Å². The minimum absolute atomic E-state index is 0.0501. The molecule has 3 aromatic rings. The van der Waals surface area contributed by atoms with Gasteiger partial charge in [0.15, 0.2) is 5.43 Å². The average Bonchev–Trinajstić information content (AvgIpc) is 2.60. The Bertz CT molecular complexity index is 1180. The number of aromatic amines is 1. The van der Waals surface area contributed by atoms with E-state index in [4.69, 9.17) is 22.1 Å². The minimum atomic E-state index is -4.75. The summed E-state index contributed by atoms with van der Waals surface area (Å²) >= 11 is 6.09. The molecule has 1 aromatic heterocycles. The van der Waals surface area contributed by atoms with E-state index < -0.39 is 22.7 Å². The molecule has 0 spiro atoms. The SMILES string of the molecule is N#Cc1ccc(Cl)c(-c2cc(=O)c3cc(C#N)c(C(F)(F)F)cc3[nH]2)c1. The van der Waals surface area contributed by atoms with Crippen molar-refractivity contribution in [2.75, 3.05) is 0 Å². The molecule has 1 heterocycles. The Kier molecular flexibility index (Phi) is 4.19. The predicted octanol–water partition coefficient (Wildman–Crippen LogP) is 4.61.